The van der Waals surface area contributed by atoms with Gasteiger partial charge < -0.3 is 14.1 Å². The van der Waals surface area contributed by atoms with Crippen molar-refractivity contribution in [3.8, 4) is 0 Å². The van der Waals surface area contributed by atoms with E-state index in [0.717, 1.165) is 11.1 Å². The standard InChI is InChI=1S/C24H27N5O6S/c1-3-34-24(31)28-12-14-29(15-13-28)36(32,33)20-10-8-19(9-11-20)22(30)25-23-27-26-21(35-23)16-18-6-4-17(2)5-7-18/h4-11H,3,12-16H2,1-2H3,(H,25,27,30). The number of aryl methyl sites for hydroxylation is 1. The van der Waals surface area contributed by atoms with Crippen molar-refractivity contribution in [2.45, 2.75) is 25.2 Å². The summed E-state index contributed by atoms with van der Waals surface area (Å²) in [6.45, 7) is 4.79. The highest BCUT2D eigenvalue weighted by Gasteiger charge is 2.30. The number of anilines is 1. The molecule has 4 rings (SSSR count). The van der Waals surface area contributed by atoms with E-state index in [1.165, 1.54) is 33.5 Å². The maximum atomic E-state index is 13.0. The molecule has 1 aliphatic rings. The highest BCUT2D eigenvalue weighted by molar-refractivity contribution is 7.89. The van der Waals surface area contributed by atoms with Crippen molar-refractivity contribution >= 4 is 28.0 Å². The quantitative estimate of drug-likeness (QED) is 0.510. The minimum atomic E-state index is -3.77. The summed E-state index contributed by atoms with van der Waals surface area (Å²) in [6.07, 6.45) is -0.0162. The van der Waals surface area contributed by atoms with E-state index in [2.05, 4.69) is 15.5 Å². The molecule has 190 valence electrons. The highest BCUT2D eigenvalue weighted by Crippen LogP contribution is 2.19. The van der Waals surface area contributed by atoms with Crippen molar-refractivity contribution in [3.63, 3.8) is 0 Å². The molecule has 2 amide bonds. The maximum absolute atomic E-state index is 13.0. The first kappa shape index (κ1) is 25.3. The molecule has 11 nitrogen and oxygen atoms in total. The minimum Gasteiger partial charge on any atom is -0.450 e. The number of hydrogen-bond acceptors (Lipinski definition) is 8. The molecule has 1 fully saturated rings. The first-order valence-electron chi connectivity index (χ1n) is 11.5. The lowest BCUT2D eigenvalue weighted by atomic mass is 10.1. The van der Waals surface area contributed by atoms with Gasteiger partial charge in [-0.15, -0.1) is 5.10 Å². The van der Waals surface area contributed by atoms with Crippen LogP contribution in [0.3, 0.4) is 0 Å². The van der Waals surface area contributed by atoms with Crippen molar-refractivity contribution in [1.29, 1.82) is 0 Å². The summed E-state index contributed by atoms with van der Waals surface area (Å²) in [5.41, 5.74) is 2.38. The first-order valence-corrected chi connectivity index (χ1v) is 12.9. The molecule has 0 radical (unpaired) electrons. The third-order valence-electron chi connectivity index (χ3n) is 5.68. The molecule has 1 N–H and O–H groups in total. The molecule has 1 aromatic heterocycles. The maximum Gasteiger partial charge on any atom is 0.409 e. The molecule has 1 saturated heterocycles. The summed E-state index contributed by atoms with van der Waals surface area (Å²) in [7, 11) is -3.77. The van der Waals surface area contributed by atoms with E-state index in [1.54, 1.807) is 6.92 Å². The Bertz CT molecular complexity index is 1310. The SMILES string of the molecule is CCOC(=O)N1CCN(S(=O)(=O)c2ccc(C(=O)Nc3nnc(Cc4ccc(C)cc4)o3)cc2)CC1. The van der Waals surface area contributed by atoms with Gasteiger partial charge in [-0.2, -0.15) is 4.31 Å². The molecule has 1 aliphatic heterocycles. The molecule has 3 aromatic rings. The predicted octanol–water partition coefficient (Wildman–Crippen LogP) is 2.68. The zero-order chi connectivity index (χ0) is 25.7. The van der Waals surface area contributed by atoms with Crippen LogP contribution in [-0.2, 0) is 21.2 Å². The van der Waals surface area contributed by atoms with Gasteiger partial charge in [0.15, 0.2) is 0 Å². The van der Waals surface area contributed by atoms with Gasteiger partial charge in [-0.05, 0) is 43.7 Å². The Morgan fingerprint density at radius 1 is 1.00 bits per heavy atom. The van der Waals surface area contributed by atoms with Crippen molar-refractivity contribution in [1.82, 2.24) is 19.4 Å². The van der Waals surface area contributed by atoms with Gasteiger partial charge in [-0.25, -0.2) is 13.2 Å². The number of carbonyl (C=O) groups is 2. The minimum absolute atomic E-state index is 0.0433. The summed E-state index contributed by atoms with van der Waals surface area (Å²) in [5.74, 6) is -0.147. The molecular formula is C24H27N5O6S. The fourth-order valence-electron chi connectivity index (χ4n) is 3.68. The second-order valence-corrected chi connectivity index (χ2v) is 10.2. The topological polar surface area (TPSA) is 135 Å². The van der Waals surface area contributed by atoms with Crippen LogP contribution in [0.1, 0.15) is 34.3 Å². The number of ether oxygens (including phenoxy) is 1. The van der Waals surface area contributed by atoms with Crippen LogP contribution >= 0.6 is 0 Å². The number of benzene rings is 2. The average molecular weight is 514 g/mol. The van der Waals surface area contributed by atoms with Crippen LogP contribution in [0.2, 0.25) is 0 Å². The van der Waals surface area contributed by atoms with Crippen molar-refractivity contribution < 1.29 is 27.2 Å². The fourth-order valence-corrected chi connectivity index (χ4v) is 5.10. The Hall–Kier alpha value is -3.77. The Balaban J connectivity index is 1.35. The van der Waals surface area contributed by atoms with Gasteiger partial charge in [0.2, 0.25) is 15.9 Å². The van der Waals surface area contributed by atoms with Crippen LogP contribution < -0.4 is 5.32 Å². The van der Waals surface area contributed by atoms with Crippen LogP contribution in [0.4, 0.5) is 10.8 Å². The molecule has 0 saturated carbocycles. The zero-order valence-corrected chi connectivity index (χ0v) is 20.8. The number of nitrogens with one attached hydrogen (secondary N) is 1. The predicted molar refractivity (Wildman–Crippen MR) is 130 cm³/mol. The van der Waals surface area contributed by atoms with Crippen LogP contribution in [0.5, 0.6) is 0 Å². The number of aromatic nitrogens is 2. The molecule has 0 spiro atoms. The third-order valence-corrected chi connectivity index (χ3v) is 7.60. The Morgan fingerprint density at radius 2 is 1.67 bits per heavy atom. The van der Waals surface area contributed by atoms with Crippen molar-refractivity contribution in [2.75, 3.05) is 38.1 Å². The number of carbonyl (C=O) groups excluding carboxylic acids is 2. The second-order valence-electron chi connectivity index (χ2n) is 8.23. The van der Waals surface area contributed by atoms with Gasteiger partial charge in [-0.3, -0.25) is 10.1 Å². The highest BCUT2D eigenvalue weighted by atomic mass is 32.2. The molecule has 0 aliphatic carbocycles. The summed E-state index contributed by atoms with van der Waals surface area (Å²) < 4.78 is 37.8. The normalized spacial score (nSPS) is 14.4. The largest absolute Gasteiger partial charge is 0.450 e. The van der Waals surface area contributed by atoms with E-state index in [0.29, 0.717) is 12.3 Å². The summed E-state index contributed by atoms with van der Waals surface area (Å²) in [5, 5.41) is 10.3. The van der Waals surface area contributed by atoms with Gasteiger partial charge in [0.05, 0.1) is 17.9 Å². The van der Waals surface area contributed by atoms with E-state index in [4.69, 9.17) is 9.15 Å². The number of piperazine rings is 1. The number of sulfonamides is 1. The van der Waals surface area contributed by atoms with E-state index < -0.39 is 22.0 Å². The van der Waals surface area contributed by atoms with Crippen LogP contribution in [0.25, 0.3) is 0 Å². The number of nitrogens with zero attached hydrogens (tertiary/aromatic N) is 4. The molecule has 2 aromatic carbocycles. The molecule has 0 bridgehead atoms. The average Bonchev–Trinajstić information content (AvgIpc) is 3.32. The van der Waals surface area contributed by atoms with Crippen LogP contribution in [-0.4, -0.2) is 72.6 Å². The monoisotopic (exact) mass is 513 g/mol. The van der Waals surface area contributed by atoms with Gasteiger partial charge >= 0.3 is 12.1 Å². The molecule has 12 heteroatoms. The Morgan fingerprint density at radius 3 is 2.31 bits per heavy atom. The summed E-state index contributed by atoms with van der Waals surface area (Å²) in [4.78, 5) is 26.0. The van der Waals surface area contributed by atoms with Crippen LogP contribution in [0, 0.1) is 6.92 Å². The first-order chi connectivity index (χ1) is 17.3. The lowest BCUT2D eigenvalue weighted by Crippen LogP contribution is -2.50. The lowest BCUT2D eigenvalue weighted by Gasteiger charge is -2.33. The summed E-state index contributed by atoms with van der Waals surface area (Å²) >= 11 is 0. The van der Waals surface area contributed by atoms with Crippen LogP contribution in [0.15, 0.2) is 57.8 Å². The van der Waals surface area contributed by atoms with E-state index >= 15 is 0 Å². The molecule has 2 heterocycles. The van der Waals surface area contributed by atoms with Gasteiger partial charge in [0.1, 0.15) is 0 Å². The number of hydrogen-bond donors (Lipinski definition) is 1. The lowest BCUT2D eigenvalue weighted by molar-refractivity contribution is 0.0933. The van der Waals surface area contributed by atoms with Gasteiger partial charge in [0.25, 0.3) is 5.91 Å². The molecule has 36 heavy (non-hydrogen) atoms. The van der Waals surface area contributed by atoms with Gasteiger partial charge in [0, 0.05) is 31.7 Å². The Kier molecular flexibility index (Phi) is 7.65. The third kappa shape index (κ3) is 5.89. The summed E-state index contributed by atoms with van der Waals surface area (Å²) in [6, 6.07) is 13.4. The molecular weight excluding hydrogens is 486 g/mol. The van der Waals surface area contributed by atoms with E-state index in [-0.39, 0.29) is 49.3 Å². The Labute approximate surface area is 209 Å². The van der Waals surface area contributed by atoms with E-state index in [9.17, 15) is 18.0 Å². The zero-order valence-electron chi connectivity index (χ0n) is 20.0. The van der Waals surface area contributed by atoms with Crippen molar-refractivity contribution in [3.05, 3.63) is 71.1 Å². The molecule has 0 atom stereocenters. The fraction of sp³-hybridized carbons (Fsp3) is 0.333. The smallest absolute Gasteiger partial charge is 0.409 e. The number of rotatable bonds is 7. The van der Waals surface area contributed by atoms with Gasteiger partial charge in [-0.1, -0.05) is 34.9 Å². The van der Waals surface area contributed by atoms with E-state index in [1.807, 2.05) is 31.2 Å². The second kappa shape index (κ2) is 10.9. The van der Waals surface area contributed by atoms with Crippen molar-refractivity contribution in [2.24, 2.45) is 0 Å². The molecule has 0 unspecified atom stereocenters. The number of amides is 2.